The number of aromatic nitrogens is 2. The lowest BCUT2D eigenvalue weighted by atomic mass is 10.3. The molecule has 1 aliphatic heterocycles. The number of ether oxygens (including phenoxy) is 1. The maximum Gasteiger partial charge on any atom is 0.358 e. The fourth-order valence-electron chi connectivity index (χ4n) is 1.47. The van der Waals surface area contributed by atoms with Crippen LogP contribution in [0.15, 0.2) is 12.4 Å². The number of nitrogens with one attached hydrogen (secondary N) is 1. The molecular formula is C10H13N3O2S. The predicted octanol–water partition coefficient (Wildman–Crippen LogP) is 1.18. The van der Waals surface area contributed by atoms with E-state index in [1.807, 2.05) is 11.8 Å². The van der Waals surface area contributed by atoms with E-state index < -0.39 is 5.97 Å². The maximum absolute atomic E-state index is 11.1. The van der Waals surface area contributed by atoms with E-state index in [9.17, 15) is 4.79 Å². The molecule has 1 aromatic rings. The summed E-state index contributed by atoms with van der Waals surface area (Å²) in [7, 11) is 1.33. The molecule has 16 heavy (non-hydrogen) atoms. The van der Waals surface area contributed by atoms with Crippen molar-refractivity contribution in [1.82, 2.24) is 9.97 Å². The van der Waals surface area contributed by atoms with Crippen molar-refractivity contribution in [3.05, 3.63) is 18.1 Å². The SMILES string of the molecule is COC(=O)c1cnc(NC2CCSC2)cn1. The predicted molar refractivity (Wildman–Crippen MR) is 62.7 cm³/mol. The average molecular weight is 239 g/mol. The lowest BCUT2D eigenvalue weighted by Crippen LogP contribution is -2.19. The van der Waals surface area contributed by atoms with Gasteiger partial charge in [-0.25, -0.2) is 14.8 Å². The van der Waals surface area contributed by atoms with Crippen molar-refractivity contribution in [2.45, 2.75) is 12.5 Å². The molecule has 2 rings (SSSR count). The van der Waals surface area contributed by atoms with E-state index in [1.165, 1.54) is 19.1 Å². The highest BCUT2D eigenvalue weighted by Crippen LogP contribution is 2.20. The molecule has 0 bridgehead atoms. The molecular weight excluding hydrogens is 226 g/mol. The number of thioether (sulfide) groups is 1. The van der Waals surface area contributed by atoms with Gasteiger partial charge in [-0.05, 0) is 12.2 Å². The molecule has 1 aromatic heterocycles. The van der Waals surface area contributed by atoms with Gasteiger partial charge in [0.2, 0.25) is 0 Å². The van der Waals surface area contributed by atoms with Crippen LogP contribution >= 0.6 is 11.8 Å². The first kappa shape index (κ1) is 11.2. The van der Waals surface area contributed by atoms with E-state index in [0.717, 1.165) is 12.2 Å². The summed E-state index contributed by atoms with van der Waals surface area (Å²) in [6.07, 6.45) is 4.14. The van der Waals surface area contributed by atoms with E-state index in [-0.39, 0.29) is 5.69 Å². The number of methoxy groups -OCH3 is 1. The average Bonchev–Trinajstić information content (AvgIpc) is 2.82. The van der Waals surface area contributed by atoms with Gasteiger partial charge >= 0.3 is 5.97 Å². The molecule has 2 heterocycles. The van der Waals surface area contributed by atoms with Gasteiger partial charge in [0.05, 0.1) is 19.5 Å². The van der Waals surface area contributed by atoms with Crippen molar-refractivity contribution in [3.8, 4) is 0 Å². The first-order valence-corrected chi connectivity index (χ1v) is 6.19. The second-order valence-electron chi connectivity index (χ2n) is 3.48. The molecule has 0 saturated carbocycles. The van der Waals surface area contributed by atoms with Crippen molar-refractivity contribution in [2.75, 3.05) is 23.9 Å². The third-order valence-corrected chi connectivity index (χ3v) is 3.49. The molecule has 0 aliphatic carbocycles. The summed E-state index contributed by atoms with van der Waals surface area (Å²) in [5.41, 5.74) is 0.230. The van der Waals surface area contributed by atoms with E-state index >= 15 is 0 Å². The Morgan fingerprint density at radius 3 is 3.00 bits per heavy atom. The zero-order valence-corrected chi connectivity index (χ0v) is 9.79. The molecule has 1 saturated heterocycles. The maximum atomic E-state index is 11.1. The van der Waals surface area contributed by atoms with E-state index in [2.05, 4.69) is 20.0 Å². The number of anilines is 1. The number of hydrogen-bond acceptors (Lipinski definition) is 6. The van der Waals surface area contributed by atoms with Crippen LogP contribution in [0.4, 0.5) is 5.82 Å². The van der Waals surface area contributed by atoms with Crippen molar-refractivity contribution >= 4 is 23.5 Å². The van der Waals surface area contributed by atoms with Crippen LogP contribution in [-0.4, -0.2) is 40.6 Å². The Balaban J connectivity index is 1.98. The van der Waals surface area contributed by atoms with Gasteiger partial charge in [-0.2, -0.15) is 11.8 Å². The molecule has 0 radical (unpaired) electrons. The molecule has 1 atom stereocenters. The van der Waals surface area contributed by atoms with E-state index in [0.29, 0.717) is 11.9 Å². The Labute approximate surface area is 98.0 Å². The summed E-state index contributed by atoms with van der Waals surface area (Å²) >= 11 is 1.93. The molecule has 86 valence electrons. The van der Waals surface area contributed by atoms with E-state index in [1.54, 1.807) is 6.20 Å². The first-order chi connectivity index (χ1) is 7.79. The minimum absolute atomic E-state index is 0.230. The number of nitrogens with zero attached hydrogens (tertiary/aromatic N) is 2. The fraction of sp³-hybridized carbons (Fsp3) is 0.500. The minimum Gasteiger partial charge on any atom is -0.464 e. The topological polar surface area (TPSA) is 64.1 Å². The monoisotopic (exact) mass is 239 g/mol. The Morgan fingerprint density at radius 1 is 1.56 bits per heavy atom. The molecule has 0 spiro atoms. The highest BCUT2D eigenvalue weighted by atomic mass is 32.2. The number of rotatable bonds is 3. The van der Waals surface area contributed by atoms with Crippen LogP contribution in [0, 0.1) is 0 Å². The van der Waals surface area contributed by atoms with Crippen molar-refractivity contribution in [1.29, 1.82) is 0 Å². The number of esters is 1. The van der Waals surface area contributed by atoms with Gasteiger partial charge in [0, 0.05) is 11.8 Å². The lowest BCUT2D eigenvalue weighted by molar-refractivity contribution is 0.0593. The van der Waals surface area contributed by atoms with Crippen molar-refractivity contribution in [2.24, 2.45) is 0 Å². The zero-order chi connectivity index (χ0) is 11.4. The second kappa shape index (κ2) is 5.16. The lowest BCUT2D eigenvalue weighted by Gasteiger charge is -2.11. The summed E-state index contributed by atoms with van der Waals surface area (Å²) < 4.78 is 4.54. The molecule has 1 fully saturated rings. The fourth-order valence-corrected chi connectivity index (χ4v) is 2.62. The minimum atomic E-state index is -0.463. The third-order valence-electron chi connectivity index (χ3n) is 2.33. The molecule has 5 nitrogen and oxygen atoms in total. The highest BCUT2D eigenvalue weighted by molar-refractivity contribution is 7.99. The number of carbonyl (C=O) groups is 1. The standard InChI is InChI=1S/C10H13N3O2S/c1-15-10(14)8-4-12-9(5-11-8)13-7-2-3-16-6-7/h4-5,7H,2-3,6H2,1H3,(H,12,13). The summed E-state index contributed by atoms with van der Waals surface area (Å²) in [5, 5.41) is 3.28. The summed E-state index contributed by atoms with van der Waals surface area (Å²) in [5.74, 6) is 2.53. The van der Waals surface area contributed by atoms with E-state index in [4.69, 9.17) is 0 Å². The zero-order valence-electron chi connectivity index (χ0n) is 8.97. The Morgan fingerprint density at radius 2 is 2.44 bits per heavy atom. The summed E-state index contributed by atoms with van der Waals surface area (Å²) in [4.78, 5) is 19.2. The quantitative estimate of drug-likeness (QED) is 0.799. The van der Waals surface area contributed by atoms with Gasteiger partial charge < -0.3 is 10.1 Å². The van der Waals surface area contributed by atoms with Gasteiger partial charge in [0.15, 0.2) is 5.69 Å². The largest absolute Gasteiger partial charge is 0.464 e. The van der Waals surface area contributed by atoms with Crippen molar-refractivity contribution in [3.63, 3.8) is 0 Å². The third kappa shape index (κ3) is 2.63. The van der Waals surface area contributed by atoms with Crippen LogP contribution in [-0.2, 0) is 4.74 Å². The van der Waals surface area contributed by atoms with Crippen LogP contribution in [0.1, 0.15) is 16.9 Å². The molecule has 1 unspecified atom stereocenters. The van der Waals surface area contributed by atoms with Gasteiger partial charge in [-0.3, -0.25) is 0 Å². The van der Waals surface area contributed by atoms with Gasteiger partial charge in [-0.1, -0.05) is 0 Å². The Bertz CT molecular complexity index is 363. The molecule has 0 amide bonds. The smallest absolute Gasteiger partial charge is 0.358 e. The summed E-state index contributed by atoms with van der Waals surface area (Å²) in [6.45, 7) is 0. The number of hydrogen-bond donors (Lipinski definition) is 1. The Hall–Kier alpha value is -1.30. The highest BCUT2D eigenvalue weighted by Gasteiger charge is 2.15. The van der Waals surface area contributed by atoms with Crippen LogP contribution < -0.4 is 5.32 Å². The van der Waals surface area contributed by atoms with Gasteiger partial charge in [0.1, 0.15) is 5.82 Å². The van der Waals surface area contributed by atoms with Crippen LogP contribution in [0.5, 0.6) is 0 Å². The molecule has 1 aliphatic rings. The van der Waals surface area contributed by atoms with Crippen LogP contribution in [0.3, 0.4) is 0 Å². The van der Waals surface area contributed by atoms with Crippen LogP contribution in [0.25, 0.3) is 0 Å². The van der Waals surface area contributed by atoms with Gasteiger partial charge in [-0.15, -0.1) is 0 Å². The molecule has 1 N–H and O–H groups in total. The van der Waals surface area contributed by atoms with Gasteiger partial charge in [0.25, 0.3) is 0 Å². The first-order valence-electron chi connectivity index (χ1n) is 5.04. The molecule has 6 heteroatoms. The number of carbonyl (C=O) groups excluding carboxylic acids is 1. The Kier molecular flexibility index (Phi) is 3.61. The van der Waals surface area contributed by atoms with Crippen molar-refractivity contribution < 1.29 is 9.53 Å². The van der Waals surface area contributed by atoms with Crippen LogP contribution in [0.2, 0.25) is 0 Å². The second-order valence-corrected chi connectivity index (χ2v) is 4.63. The normalized spacial score (nSPS) is 19.4. The summed E-state index contributed by atoms with van der Waals surface area (Å²) in [6, 6.07) is 0.461. The molecule has 0 aromatic carbocycles.